The first-order chi connectivity index (χ1) is 8.95. The molecule has 3 nitrogen and oxygen atoms in total. The molecular weight excluding hydrogens is 245 g/mol. The van der Waals surface area contributed by atoms with E-state index in [0.717, 1.165) is 12.0 Å². The predicted octanol–water partition coefficient (Wildman–Crippen LogP) is 2.89. The van der Waals surface area contributed by atoms with Crippen molar-refractivity contribution in [2.45, 2.75) is 33.2 Å². The molecule has 108 valence electrons. The van der Waals surface area contributed by atoms with Crippen molar-refractivity contribution in [1.82, 2.24) is 5.32 Å². The summed E-state index contributed by atoms with van der Waals surface area (Å²) in [5, 5.41) is 12.7. The van der Waals surface area contributed by atoms with Crippen molar-refractivity contribution < 1.29 is 14.2 Å². The maximum Gasteiger partial charge on any atom is 0.123 e. The molecule has 0 aliphatic rings. The van der Waals surface area contributed by atoms with Gasteiger partial charge in [0.15, 0.2) is 0 Å². The first kappa shape index (κ1) is 15.9. The lowest BCUT2D eigenvalue weighted by atomic mass is 9.88. The molecular formula is C15H24FNO2. The largest absolute Gasteiger partial charge is 0.496 e. The Labute approximate surface area is 114 Å². The van der Waals surface area contributed by atoms with Crippen LogP contribution in [-0.4, -0.2) is 25.4 Å². The fraction of sp³-hybridized carbons (Fsp3) is 0.600. The number of hydrogen-bond donors (Lipinski definition) is 2. The van der Waals surface area contributed by atoms with Gasteiger partial charge in [-0.25, -0.2) is 4.39 Å². The monoisotopic (exact) mass is 269 g/mol. The maximum absolute atomic E-state index is 13.3. The van der Waals surface area contributed by atoms with Crippen LogP contribution in [0.4, 0.5) is 4.39 Å². The van der Waals surface area contributed by atoms with Crippen LogP contribution < -0.4 is 10.1 Å². The van der Waals surface area contributed by atoms with Gasteiger partial charge in [-0.1, -0.05) is 13.8 Å². The van der Waals surface area contributed by atoms with E-state index in [-0.39, 0.29) is 23.9 Å². The van der Waals surface area contributed by atoms with Crippen LogP contribution in [0.15, 0.2) is 18.2 Å². The lowest BCUT2D eigenvalue weighted by Crippen LogP contribution is -2.35. The van der Waals surface area contributed by atoms with E-state index < -0.39 is 0 Å². The van der Waals surface area contributed by atoms with Crippen LogP contribution in [-0.2, 0) is 0 Å². The third kappa shape index (κ3) is 4.18. The molecule has 0 aromatic heterocycles. The Bertz CT molecular complexity index is 405. The van der Waals surface area contributed by atoms with Gasteiger partial charge in [-0.3, -0.25) is 0 Å². The number of nitrogens with one attached hydrogen (secondary N) is 1. The van der Waals surface area contributed by atoms with Crippen molar-refractivity contribution in [3.63, 3.8) is 0 Å². The van der Waals surface area contributed by atoms with Gasteiger partial charge in [0, 0.05) is 30.2 Å². The molecule has 19 heavy (non-hydrogen) atoms. The average Bonchev–Trinajstić information content (AvgIpc) is 2.44. The van der Waals surface area contributed by atoms with Crippen molar-refractivity contribution in [2.75, 3.05) is 20.3 Å². The molecule has 0 fully saturated rings. The van der Waals surface area contributed by atoms with E-state index in [1.165, 1.54) is 12.1 Å². The Kier molecular flexibility index (Phi) is 5.76. The van der Waals surface area contributed by atoms with Crippen LogP contribution in [0.1, 0.15) is 38.8 Å². The van der Waals surface area contributed by atoms with Crippen LogP contribution in [0.5, 0.6) is 5.75 Å². The first-order valence-corrected chi connectivity index (χ1v) is 6.63. The third-order valence-electron chi connectivity index (χ3n) is 3.73. The minimum absolute atomic E-state index is 0.0388. The molecule has 2 N–H and O–H groups in total. The number of hydrogen-bond acceptors (Lipinski definition) is 3. The van der Waals surface area contributed by atoms with Crippen molar-refractivity contribution in [3.8, 4) is 5.75 Å². The summed E-state index contributed by atoms with van der Waals surface area (Å²) >= 11 is 0. The molecule has 0 saturated carbocycles. The highest BCUT2D eigenvalue weighted by molar-refractivity contribution is 5.36. The van der Waals surface area contributed by atoms with E-state index in [4.69, 9.17) is 4.74 Å². The smallest absolute Gasteiger partial charge is 0.123 e. The van der Waals surface area contributed by atoms with Gasteiger partial charge in [-0.05, 0) is 31.5 Å². The maximum atomic E-state index is 13.3. The Balaban J connectivity index is 2.78. The number of rotatable bonds is 7. The van der Waals surface area contributed by atoms with Gasteiger partial charge in [0.25, 0.3) is 0 Å². The molecule has 0 heterocycles. The zero-order chi connectivity index (χ0) is 14.5. The Hall–Kier alpha value is -1.13. The fourth-order valence-electron chi connectivity index (χ4n) is 1.85. The van der Waals surface area contributed by atoms with Crippen LogP contribution in [0, 0.1) is 11.2 Å². The molecule has 1 aromatic carbocycles. The Morgan fingerprint density at radius 2 is 2.16 bits per heavy atom. The molecule has 0 bridgehead atoms. The van der Waals surface area contributed by atoms with Gasteiger partial charge in [-0.15, -0.1) is 0 Å². The summed E-state index contributed by atoms with van der Waals surface area (Å²) in [6, 6.07) is 4.47. The number of methoxy groups -OCH3 is 1. The van der Waals surface area contributed by atoms with E-state index in [1.807, 2.05) is 20.8 Å². The summed E-state index contributed by atoms with van der Waals surface area (Å²) in [6.45, 7) is 6.83. The quantitative estimate of drug-likeness (QED) is 0.799. The number of benzene rings is 1. The lowest BCUT2D eigenvalue weighted by molar-refractivity contribution is 0.132. The average molecular weight is 269 g/mol. The van der Waals surface area contributed by atoms with E-state index >= 15 is 0 Å². The minimum atomic E-state index is -0.273. The topological polar surface area (TPSA) is 41.5 Å². The van der Waals surface area contributed by atoms with Crippen molar-refractivity contribution in [2.24, 2.45) is 5.41 Å². The molecule has 1 rings (SSSR count). The van der Waals surface area contributed by atoms with Crippen LogP contribution in [0.25, 0.3) is 0 Å². The summed E-state index contributed by atoms with van der Waals surface area (Å²) < 4.78 is 18.6. The van der Waals surface area contributed by atoms with Crippen molar-refractivity contribution >= 4 is 0 Å². The molecule has 0 spiro atoms. The summed E-state index contributed by atoms with van der Waals surface area (Å²) in [5.74, 6) is 0.397. The normalized spacial score (nSPS) is 15.9. The highest BCUT2D eigenvalue weighted by Crippen LogP contribution is 2.27. The summed E-state index contributed by atoms with van der Waals surface area (Å²) in [5.41, 5.74) is 0.633. The standard InChI is InChI=1S/C15H24FNO2/c1-5-15(3,10-18)9-17-11(2)13-8-12(16)6-7-14(13)19-4/h6-8,11,17-18H,5,9-10H2,1-4H3. The number of ether oxygens (including phenoxy) is 1. The Morgan fingerprint density at radius 1 is 1.47 bits per heavy atom. The number of halogens is 1. The molecule has 0 aliphatic heterocycles. The van der Waals surface area contributed by atoms with Gasteiger partial charge >= 0.3 is 0 Å². The van der Waals surface area contributed by atoms with Crippen LogP contribution >= 0.6 is 0 Å². The SMILES string of the molecule is CCC(C)(CO)CNC(C)c1cc(F)ccc1OC. The number of aliphatic hydroxyl groups excluding tert-OH is 1. The third-order valence-corrected chi connectivity index (χ3v) is 3.73. The van der Waals surface area contributed by atoms with E-state index in [2.05, 4.69) is 5.32 Å². The second kappa shape index (κ2) is 6.87. The zero-order valence-corrected chi connectivity index (χ0v) is 12.2. The lowest BCUT2D eigenvalue weighted by Gasteiger charge is -2.28. The zero-order valence-electron chi connectivity index (χ0n) is 12.2. The van der Waals surface area contributed by atoms with E-state index in [0.29, 0.717) is 12.3 Å². The van der Waals surface area contributed by atoms with E-state index in [9.17, 15) is 9.50 Å². The molecule has 0 aliphatic carbocycles. The summed E-state index contributed by atoms with van der Waals surface area (Å²) in [6.07, 6.45) is 0.878. The second-order valence-electron chi connectivity index (χ2n) is 5.31. The van der Waals surface area contributed by atoms with Crippen molar-refractivity contribution in [1.29, 1.82) is 0 Å². The molecule has 1 aromatic rings. The molecule has 4 heteroatoms. The van der Waals surface area contributed by atoms with Gasteiger partial charge in [0.2, 0.25) is 0 Å². The highest BCUT2D eigenvalue weighted by atomic mass is 19.1. The van der Waals surface area contributed by atoms with Gasteiger partial charge in [0.1, 0.15) is 11.6 Å². The predicted molar refractivity (Wildman–Crippen MR) is 74.9 cm³/mol. The fourth-order valence-corrected chi connectivity index (χ4v) is 1.85. The van der Waals surface area contributed by atoms with Crippen molar-refractivity contribution in [3.05, 3.63) is 29.6 Å². The van der Waals surface area contributed by atoms with Crippen LogP contribution in [0.3, 0.4) is 0 Å². The highest BCUT2D eigenvalue weighted by Gasteiger charge is 2.22. The molecule has 2 unspecified atom stereocenters. The molecule has 0 radical (unpaired) electrons. The molecule has 2 atom stereocenters. The minimum Gasteiger partial charge on any atom is -0.496 e. The summed E-state index contributed by atoms with van der Waals surface area (Å²) in [4.78, 5) is 0. The molecule has 0 amide bonds. The first-order valence-electron chi connectivity index (χ1n) is 6.63. The molecule has 0 saturated heterocycles. The number of aliphatic hydroxyl groups is 1. The van der Waals surface area contributed by atoms with Gasteiger partial charge < -0.3 is 15.2 Å². The van der Waals surface area contributed by atoms with Gasteiger partial charge in [0.05, 0.1) is 7.11 Å². The Morgan fingerprint density at radius 3 is 2.68 bits per heavy atom. The second-order valence-corrected chi connectivity index (χ2v) is 5.31. The van der Waals surface area contributed by atoms with Gasteiger partial charge in [-0.2, -0.15) is 0 Å². The van der Waals surface area contributed by atoms with E-state index in [1.54, 1.807) is 13.2 Å². The van der Waals surface area contributed by atoms with Crippen LogP contribution in [0.2, 0.25) is 0 Å². The summed E-state index contributed by atoms with van der Waals surface area (Å²) in [7, 11) is 1.58.